The van der Waals surface area contributed by atoms with E-state index in [1.54, 1.807) is 0 Å². The van der Waals surface area contributed by atoms with Crippen molar-refractivity contribution in [2.75, 3.05) is 6.67 Å². The summed E-state index contributed by atoms with van der Waals surface area (Å²) in [5, 5.41) is 0. The molecule has 0 bridgehead atoms. The van der Waals surface area contributed by atoms with Crippen molar-refractivity contribution < 1.29 is 13.9 Å². The number of halogens is 1. The van der Waals surface area contributed by atoms with Crippen molar-refractivity contribution in [2.45, 2.75) is 37.8 Å². The van der Waals surface area contributed by atoms with E-state index in [4.69, 9.17) is 10.5 Å². The van der Waals surface area contributed by atoms with Crippen LogP contribution in [-0.4, -0.2) is 24.8 Å². The predicted octanol–water partition coefficient (Wildman–Crippen LogP) is 0.769. The summed E-state index contributed by atoms with van der Waals surface area (Å²) in [5.41, 5.74) is 5.15. The van der Waals surface area contributed by atoms with Gasteiger partial charge in [0.1, 0.15) is 18.8 Å². The van der Waals surface area contributed by atoms with Gasteiger partial charge in [-0.3, -0.25) is 4.79 Å². The molecule has 0 heterocycles. The summed E-state index contributed by atoms with van der Waals surface area (Å²) in [6.45, 7) is -0.842. The normalized spacial score (nSPS) is 20.8. The Kier molecular flexibility index (Phi) is 3.47. The third-order valence-electron chi connectivity index (χ3n) is 2.05. The first kappa shape index (κ1) is 9.45. The van der Waals surface area contributed by atoms with Crippen molar-refractivity contribution in [3.05, 3.63) is 0 Å². The topological polar surface area (TPSA) is 52.3 Å². The zero-order valence-electron chi connectivity index (χ0n) is 6.96. The van der Waals surface area contributed by atoms with Gasteiger partial charge in [-0.05, 0) is 25.7 Å². The van der Waals surface area contributed by atoms with Crippen molar-refractivity contribution in [3.63, 3.8) is 0 Å². The van der Waals surface area contributed by atoms with E-state index in [9.17, 15) is 9.18 Å². The van der Waals surface area contributed by atoms with E-state index in [1.807, 2.05) is 0 Å². The summed E-state index contributed by atoms with van der Waals surface area (Å²) in [6, 6.07) is -1.09. The maximum atomic E-state index is 11.9. The fraction of sp³-hybridized carbons (Fsp3) is 0.875. The van der Waals surface area contributed by atoms with E-state index >= 15 is 0 Å². The summed E-state index contributed by atoms with van der Waals surface area (Å²) in [6.07, 6.45) is 3.94. The van der Waals surface area contributed by atoms with Gasteiger partial charge in [-0.2, -0.15) is 0 Å². The molecule has 1 saturated carbocycles. The molecule has 0 aromatic carbocycles. The monoisotopic (exact) mass is 175 g/mol. The molecule has 0 aliphatic heterocycles. The fourth-order valence-electron chi connectivity index (χ4n) is 1.32. The molecule has 3 nitrogen and oxygen atoms in total. The number of carbonyl (C=O) groups excluding carboxylic acids is 1. The first-order valence-corrected chi connectivity index (χ1v) is 4.26. The minimum atomic E-state index is -1.09. The van der Waals surface area contributed by atoms with Gasteiger partial charge < -0.3 is 10.5 Å². The van der Waals surface area contributed by atoms with Crippen molar-refractivity contribution in [2.24, 2.45) is 5.73 Å². The zero-order chi connectivity index (χ0) is 8.97. The van der Waals surface area contributed by atoms with Gasteiger partial charge in [0, 0.05) is 0 Å². The molecule has 0 radical (unpaired) electrons. The fourth-order valence-corrected chi connectivity index (χ4v) is 1.32. The second-order valence-corrected chi connectivity index (χ2v) is 3.10. The average molecular weight is 175 g/mol. The highest BCUT2D eigenvalue weighted by molar-refractivity contribution is 5.75. The molecule has 1 aliphatic carbocycles. The standard InChI is InChI=1S/C8H14FNO2/c9-5-7(10)8(11)12-6-3-1-2-4-6/h6-7H,1-5,10H2/t7-/m1/s1. The molecule has 0 spiro atoms. The molecule has 2 N–H and O–H groups in total. The summed E-state index contributed by atoms with van der Waals surface area (Å²) in [5.74, 6) is -0.607. The SMILES string of the molecule is N[C@H](CF)C(=O)OC1CCCC1. The molecular formula is C8H14FNO2. The number of hydrogen-bond acceptors (Lipinski definition) is 3. The highest BCUT2D eigenvalue weighted by atomic mass is 19.1. The number of nitrogens with two attached hydrogens (primary N) is 1. The van der Waals surface area contributed by atoms with Crippen LogP contribution in [0, 0.1) is 0 Å². The maximum absolute atomic E-state index is 11.9. The Morgan fingerprint density at radius 1 is 1.58 bits per heavy atom. The van der Waals surface area contributed by atoms with Gasteiger partial charge in [0.2, 0.25) is 0 Å². The van der Waals surface area contributed by atoms with Gasteiger partial charge in [-0.15, -0.1) is 0 Å². The van der Waals surface area contributed by atoms with Crippen LogP contribution in [0.3, 0.4) is 0 Å². The number of carbonyl (C=O) groups is 1. The van der Waals surface area contributed by atoms with Crippen molar-refractivity contribution >= 4 is 5.97 Å². The van der Waals surface area contributed by atoms with Gasteiger partial charge >= 0.3 is 5.97 Å². The number of hydrogen-bond donors (Lipinski definition) is 1. The first-order chi connectivity index (χ1) is 5.74. The smallest absolute Gasteiger partial charge is 0.325 e. The van der Waals surface area contributed by atoms with Crippen molar-refractivity contribution in [1.29, 1.82) is 0 Å². The number of esters is 1. The van der Waals surface area contributed by atoms with E-state index in [-0.39, 0.29) is 6.10 Å². The largest absolute Gasteiger partial charge is 0.461 e. The first-order valence-electron chi connectivity index (χ1n) is 4.26. The number of alkyl halides is 1. The molecule has 0 aromatic rings. The number of rotatable bonds is 3. The van der Waals surface area contributed by atoms with Crippen LogP contribution in [0.5, 0.6) is 0 Å². The van der Waals surface area contributed by atoms with Crippen molar-refractivity contribution in [3.8, 4) is 0 Å². The Hall–Kier alpha value is -0.640. The highest BCUT2D eigenvalue weighted by Gasteiger charge is 2.22. The van der Waals surface area contributed by atoms with Gasteiger partial charge in [0.15, 0.2) is 0 Å². The van der Waals surface area contributed by atoms with Crippen LogP contribution in [0.2, 0.25) is 0 Å². The summed E-state index contributed by atoms with van der Waals surface area (Å²) < 4.78 is 16.8. The molecule has 4 heteroatoms. The molecule has 1 fully saturated rings. The van der Waals surface area contributed by atoms with E-state index in [0.29, 0.717) is 0 Å². The van der Waals surface area contributed by atoms with E-state index in [0.717, 1.165) is 25.7 Å². The van der Waals surface area contributed by atoms with Crippen LogP contribution in [0.1, 0.15) is 25.7 Å². The van der Waals surface area contributed by atoms with Crippen LogP contribution in [0.25, 0.3) is 0 Å². The highest BCUT2D eigenvalue weighted by Crippen LogP contribution is 2.21. The molecule has 0 unspecified atom stereocenters. The molecule has 70 valence electrons. The summed E-state index contributed by atoms with van der Waals surface area (Å²) >= 11 is 0. The van der Waals surface area contributed by atoms with Gasteiger partial charge in [-0.1, -0.05) is 0 Å². The molecular weight excluding hydrogens is 161 g/mol. The lowest BCUT2D eigenvalue weighted by atomic mass is 10.3. The molecule has 1 rings (SSSR count). The van der Waals surface area contributed by atoms with Crippen LogP contribution in [0.4, 0.5) is 4.39 Å². The minimum absolute atomic E-state index is 0.0184. The molecule has 12 heavy (non-hydrogen) atoms. The Morgan fingerprint density at radius 2 is 2.17 bits per heavy atom. The molecule has 1 atom stereocenters. The van der Waals surface area contributed by atoms with Crippen LogP contribution >= 0.6 is 0 Å². The van der Waals surface area contributed by atoms with Crippen LogP contribution in [-0.2, 0) is 9.53 Å². The number of ether oxygens (including phenoxy) is 1. The quantitative estimate of drug-likeness (QED) is 0.644. The lowest BCUT2D eigenvalue weighted by molar-refractivity contribution is -0.150. The van der Waals surface area contributed by atoms with Crippen molar-refractivity contribution in [1.82, 2.24) is 0 Å². The van der Waals surface area contributed by atoms with E-state index in [2.05, 4.69) is 0 Å². The molecule has 1 aliphatic rings. The molecule has 0 aromatic heterocycles. The molecule has 0 saturated heterocycles. The summed E-state index contributed by atoms with van der Waals surface area (Å²) in [4.78, 5) is 10.9. The average Bonchev–Trinajstić information content (AvgIpc) is 2.55. The lowest BCUT2D eigenvalue weighted by Crippen LogP contribution is -2.36. The van der Waals surface area contributed by atoms with Gasteiger partial charge in [0.25, 0.3) is 0 Å². The second kappa shape index (κ2) is 4.40. The van der Waals surface area contributed by atoms with E-state index in [1.165, 1.54) is 0 Å². The van der Waals surface area contributed by atoms with Gasteiger partial charge in [-0.25, -0.2) is 4.39 Å². The minimum Gasteiger partial charge on any atom is -0.461 e. The Balaban J connectivity index is 2.25. The zero-order valence-corrected chi connectivity index (χ0v) is 6.96. The third kappa shape index (κ3) is 2.44. The van der Waals surface area contributed by atoms with Crippen LogP contribution < -0.4 is 5.73 Å². The van der Waals surface area contributed by atoms with Crippen LogP contribution in [0.15, 0.2) is 0 Å². The molecule has 0 amide bonds. The lowest BCUT2D eigenvalue weighted by Gasteiger charge is -2.13. The van der Waals surface area contributed by atoms with E-state index < -0.39 is 18.7 Å². The predicted molar refractivity (Wildman–Crippen MR) is 42.3 cm³/mol. The third-order valence-corrected chi connectivity index (χ3v) is 2.05. The Morgan fingerprint density at radius 3 is 2.67 bits per heavy atom. The Bertz CT molecular complexity index is 157. The summed E-state index contributed by atoms with van der Waals surface area (Å²) in [7, 11) is 0. The Labute approximate surface area is 71.1 Å². The maximum Gasteiger partial charge on any atom is 0.325 e. The van der Waals surface area contributed by atoms with Gasteiger partial charge in [0.05, 0.1) is 0 Å². The second-order valence-electron chi connectivity index (χ2n) is 3.10.